The number of nitrogens with zero attached hydrogens (tertiary/aromatic N) is 5. The first-order chi connectivity index (χ1) is 21.5. The number of aromatic nitrogens is 4. The molecule has 2 heterocycles. The van der Waals surface area contributed by atoms with Crippen molar-refractivity contribution in [3.8, 4) is 22.3 Å². The van der Waals surface area contributed by atoms with Gasteiger partial charge in [0.25, 0.3) is 5.69 Å². The van der Waals surface area contributed by atoms with E-state index in [-0.39, 0.29) is 5.69 Å². The molecule has 0 aliphatic heterocycles. The molecule has 0 radical (unpaired) electrons. The lowest BCUT2D eigenvalue weighted by molar-refractivity contribution is -0.384. The zero-order chi connectivity index (χ0) is 34.2. The molecule has 12 nitrogen and oxygen atoms in total. The Labute approximate surface area is 274 Å². The second-order valence-corrected chi connectivity index (χ2v) is 25.1. The van der Waals surface area contributed by atoms with E-state index in [1.54, 1.807) is 16.8 Å². The fourth-order valence-electron chi connectivity index (χ4n) is 4.56. The molecule has 6 N–H and O–H groups in total. The minimum atomic E-state index is -1.12. The maximum atomic E-state index is 10.8. The normalized spacial score (nSPS) is 11.7. The molecule has 0 fully saturated rings. The van der Waals surface area contributed by atoms with E-state index < -0.39 is 21.1 Å². The minimum absolute atomic E-state index is 0.0528. The molecular formula is C32H50N8O4Si2. The third kappa shape index (κ3) is 10.5. The molecule has 250 valence electrons. The van der Waals surface area contributed by atoms with Gasteiger partial charge in [-0.3, -0.25) is 10.1 Å². The van der Waals surface area contributed by atoms with Gasteiger partial charge in [0, 0.05) is 69.7 Å². The Balaban J connectivity index is 0.000000251. The fourth-order valence-corrected chi connectivity index (χ4v) is 6.08. The summed E-state index contributed by atoms with van der Waals surface area (Å²) >= 11 is 0. The second kappa shape index (κ2) is 15.5. The Morgan fingerprint density at radius 1 is 0.696 bits per heavy atom. The number of nitrogen functional groups attached to an aromatic ring is 3. The molecule has 0 saturated heterocycles. The number of non-ortho nitro benzene ring substituents is 1. The smallest absolute Gasteiger partial charge is 0.269 e. The molecule has 0 amide bonds. The Bertz CT molecular complexity index is 1590. The average Bonchev–Trinajstić information content (AvgIpc) is 3.41. The molecule has 0 saturated carbocycles. The molecule has 46 heavy (non-hydrogen) atoms. The monoisotopic (exact) mass is 666 g/mol. The maximum absolute atomic E-state index is 10.8. The quantitative estimate of drug-likeness (QED) is 0.0446. The van der Waals surface area contributed by atoms with Gasteiger partial charge in [0.15, 0.2) is 11.6 Å². The third-order valence-corrected chi connectivity index (χ3v) is 10.9. The van der Waals surface area contributed by atoms with E-state index in [1.807, 2.05) is 42.8 Å². The molecule has 0 bridgehead atoms. The Morgan fingerprint density at radius 3 is 1.41 bits per heavy atom. The van der Waals surface area contributed by atoms with Gasteiger partial charge in [0.1, 0.15) is 13.5 Å². The number of ether oxygens (including phenoxy) is 2. The number of benzene rings is 2. The predicted molar refractivity (Wildman–Crippen MR) is 193 cm³/mol. The van der Waals surface area contributed by atoms with E-state index in [1.165, 1.54) is 12.1 Å². The topological polar surface area (TPSA) is 175 Å². The first-order valence-electron chi connectivity index (χ1n) is 15.4. The Morgan fingerprint density at radius 2 is 1.07 bits per heavy atom. The van der Waals surface area contributed by atoms with Crippen LogP contribution in [0.5, 0.6) is 0 Å². The summed E-state index contributed by atoms with van der Waals surface area (Å²) in [5, 5.41) is 19.5. The standard InChI is InChI=1S/C16H24N4O3Si.C16H26N4OSi/c1-12-15(13-5-7-14(8-6-13)20(21)22)16(17)18-19(12)11-23-9-10-24(2,3)4;1-12-15(13-5-7-14(17)8-6-13)16(18)19-20(12)11-21-9-10-22(2,3)4/h5-8H,9-11H2,1-4H3,(H2,17,18);5-8H,9-11,17H2,1-4H3,(H2,18,19). The van der Waals surface area contributed by atoms with Gasteiger partial charge in [-0.05, 0) is 61.3 Å². The number of nitro benzene ring substituents is 1. The molecular weight excluding hydrogens is 617 g/mol. The van der Waals surface area contributed by atoms with Crippen LogP contribution in [0, 0.1) is 24.0 Å². The van der Waals surface area contributed by atoms with Gasteiger partial charge in [-0.15, -0.1) is 0 Å². The van der Waals surface area contributed by atoms with Crippen molar-refractivity contribution in [2.45, 2.75) is 78.7 Å². The van der Waals surface area contributed by atoms with Crippen molar-refractivity contribution in [1.82, 2.24) is 19.6 Å². The highest BCUT2D eigenvalue weighted by Crippen LogP contribution is 2.31. The average molecular weight is 667 g/mol. The summed E-state index contributed by atoms with van der Waals surface area (Å²) in [6, 6.07) is 16.2. The minimum Gasteiger partial charge on any atom is -0.399 e. The number of nitro groups is 1. The zero-order valence-electron chi connectivity index (χ0n) is 28.5. The van der Waals surface area contributed by atoms with Gasteiger partial charge in [-0.2, -0.15) is 10.2 Å². The van der Waals surface area contributed by atoms with Crippen molar-refractivity contribution >= 4 is 39.2 Å². The highest BCUT2D eigenvalue weighted by molar-refractivity contribution is 6.76. The highest BCUT2D eigenvalue weighted by atomic mass is 28.3. The molecule has 14 heteroatoms. The van der Waals surface area contributed by atoms with E-state index in [0.29, 0.717) is 31.7 Å². The van der Waals surface area contributed by atoms with Crippen LogP contribution in [0.4, 0.5) is 23.0 Å². The Hall–Kier alpha value is -3.99. The summed E-state index contributed by atoms with van der Waals surface area (Å²) in [7, 11) is -2.18. The van der Waals surface area contributed by atoms with Crippen LogP contribution in [0.3, 0.4) is 0 Å². The number of nitrogens with two attached hydrogens (primary N) is 3. The Kier molecular flexibility index (Phi) is 12.3. The lowest BCUT2D eigenvalue weighted by atomic mass is 10.1. The maximum Gasteiger partial charge on any atom is 0.269 e. The summed E-state index contributed by atoms with van der Waals surface area (Å²) in [6.45, 7) is 20.1. The molecule has 0 spiro atoms. The SMILES string of the molecule is Cc1c(-c2ccc(N)cc2)c(N)nn1COCC[Si](C)(C)C.Cc1c(-c2ccc([N+](=O)[O-])cc2)c(N)nn1COCC[Si](C)(C)C. The summed E-state index contributed by atoms with van der Waals surface area (Å²) in [4.78, 5) is 10.3. The highest BCUT2D eigenvalue weighted by Gasteiger charge is 2.18. The predicted octanol–water partition coefficient (Wildman–Crippen LogP) is 7.00. The van der Waals surface area contributed by atoms with Crippen LogP contribution in [-0.4, -0.2) is 53.8 Å². The number of anilines is 3. The third-order valence-electron chi connectivity index (χ3n) is 7.45. The van der Waals surface area contributed by atoms with Crippen LogP contribution < -0.4 is 17.2 Å². The summed E-state index contributed by atoms with van der Waals surface area (Å²) in [5.74, 6) is 0.922. The van der Waals surface area contributed by atoms with Crippen molar-refractivity contribution in [2.75, 3.05) is 30.4 Å². The van der Waals surface area contributed by atoms with Crippen molar-refractivity contribution in [1.29, 1.82) is 0 Å². The van der Waals surface area contributed by atoms with Crippen LogP contribution in [0.15, 0.2) is 48.5 Å². The van der Waals surface area contributed by atoms with E-state index >= 15 is 0 Å². The van der Waals surface area contributed by atoms with Crippen LogP contribution in [-0.2, 0) is 22.9 Å². The van der Waals surface area contributed by atoms with Gasteiger partial charge in [0.05, 0.1) is 4.92 Å². The summed E-state index contributed by atoms with van der Waals surface area (Å²) < 4.78 is 15.0. The van der Waals surface area contributed by atoms with Crippen LogP contribution in [0.25, 0.3) is 22.3 Å². The number of hydrogen-bond acceptors (Lipinski definition) is 9. The lowest BCUT2D eigenvalue weighted by Crippen LogP contribution is -2.22. The number of hydrogen-bond donors (Lipinski definition) is 3. The van der Waals surface area contributed by atoms with Crippen molar-refractivity contribution in [2.24, 2.45) is 0 Å². The number of rotatable bonds is 13. The van der Waals surface area contributed by atoms with Gasteiger partial charge in [0.2, 0.25) is 0 Å². The molecule has 2 aromatic heterocycles. The first kappa shape index (κ1) is 36.5. The molecule has 2 aromatic carbocycles. The van der Waals surface area contributed by atoms with Crippen LogP contribution in [0.2, 0.25) is 51.4 Å². The van der Waals surface area contributed by atoms with E-state index in [4.69, 9.17) is 26.7 Å². The second-order valence-electron chi connectivity index (χ2n) is 13.8. The fraction of sp³-hybridized carbons (Fsp3) is 0.438. The first-order valence-corrected chi connectivity index (χ1v) is 22.8. The molecule has 0 unspecified atom stereocenters. The van der Waals surface area contributed by atoms with E-state index in [9.17, 15) is 10.1 Å². The molecule has 0 aliphatic carbocycles. The van der Waals surface area contributed by atoms with Crippen LogP contribution >= 0.6 is 0 Å². The lowest BCUT2D eigenvalue weighted by Gasteiger charge is -2.15. The van der Waals surface area contributed by atoms with Gasteiger partial charge < -0.3 is 26.7 Å². The van der Waals surface area contributed by atoms with E-state index in [2.05, 4.69) is 49.5 Å². The largest absolute Gasteiger partial charge is 0.399 e. The zero-order valence-corrected chi connectivity index (χ0v) is 30.5. The summed E-state index contributed by atoms with van der Waals surface area (Å²) in [6.07, 6.45) is 0. The van der Waals surface area contributed by atoms with Crippen molar-refractivity contribution in [3.05, 3.63) is 70.0 Å². The van der Waals surface area contributed by atoms with Crippen LogP contribution in [0.1, 0.15) is 11.4 Å². The summed E-state index contributed by atoms with van der Waals surface area (Å²) in [5.41, 5.74) is 24.1. The van der Waals surface area contributed by atoms with Gasteiger partial charge in [-0.1, -0.05) is 51.4 Å². The molecule has 4 aromatic rings. The van der Waals surface area contributed by atoms with E-state index in [0.717, 1.165) is 58.0 Å². The molecule has 0 atom stereocenters. The molecule has 4 rings (SSSR count). The van der Waals surface area contributed by atoms with Gasteiger partial charge >= 0.3 is 0 Å². The van der Waals surface area contributed by atoms with Crippen molar-refractivity contribution < 1.29 is 14.4 Å². The van der Waals surface area contributed by atoms with Gasteiger partial charge in [-0.25, -0.2) is 9.36 Å². The molecule has 0 aliphatic rings. The van der Waals surface area contributed by atoms with Crippen molar-refractivity contribution in [3.63, 3.8) is 0 Å².